The summed E-state index contributed by atoms with van der Waals surface area (Å²) in [6.45, 7) is 6.41. The molecule has 11 heteroatoms. The maximum Gasteiger partial charge on any atom is 0.235 e. The topological polar surface area (TPSA) is 122 Å². The molecule has 0 fully saturated rings. The number of rotatable bonds is 18. The van der Waals surface area contributed by atoms with Crippen LogP contribution in [-0.2, 0) is 34.0 Å². The first-order valence-electron chi connectivity index (χ1n) is 13.7. The fraction of sp³-hybridized carbons (Fsp3) is 0.552. The van der Waals surface area contributed by atoms with Gasteiger partial charge in [0.25, 0.3) is 0 Å². The molecule has 0 saturated heterocycles. The first-order valence-corrected chi connectivity index (χ1v) is 15.4. The Morgan fingerprint density at radius 3 is 2.12 bits per heavy atom. The van der Waals surface area contributed by atoms with Crippen LogP contribution in [0.15, 0.2) is 42.5 Å². The van der Waals surface area contributed by atoms with Crippen LogP contribution in [0.1, 0.15) is 63.1 Å². The van der Waals surface area contributed by atoms with Crippen molar-refractivity contribution < 1.29 is 27.1 Å². The first-order chi connectivity index (χ1) is 18.5. The second kappa shape index (κ2) is 17.6. The van der Waals surface area contributed by atoms with E-state index >= 15 is 0 Å². The summed E-state index contributed by atoms with van der Waals surface area (Å²) in [7, 11) is -3.69. The van der Waals surface area contributed by atoms with E-state index in [1.54, 1.807) is 0 Å². The number of hydrogen-bond donors (Lipinski definition) is 4. The van der Waals surface area contributed by atoms with Crippen LogP contribution in [0.2, 0.25) is 0 Å². The minimum Gasteiger partial charge on any atom is -0.390 e. The van der Waals surface area contributed by atoms with E-state index in [0.717, 1.165) is 30.2 Å². The average Bonchev–Trinajstić information content (AvgIpc) is 2.87. The Balaban J connectivity index is 0.00000800. The molecule has 0 aliphatic rings. The van der Waals surface area contributed by atoms with Crippen LogP contribution in [0.3, 0.4) is 0 Å². The molecule has 226 valence electrons. The van der Waals surface area contributed by atoms with Gasteiger partial charge in [-0.3, -0.25) is 10.1 Å². The lowest BCUT2D eigenvalue weighted by molar-refractivity contribution is -0.119. The third-order valence-corrected chi connectivity index (χ3v) is 9.10. The summed E-state index contributed by atoms with van der Waals surface area (Å²) in [6.07, 6.45) is 2.01. The van der Waals surface area contributed by atoms with Gasteiger partial charge in [-0.15, -0.1) is 12.4 Å². The Hall–Kier alpha value is -2.11. The summed E-state index contributed by atoms with van der Waals surface area (Å²) in [5, 5.41) is 16.6. The van der Waals surface area contributed by atoms with Crippen LogP contribution < -0.4 is 16.4 Å². The van der Waals surface area contributed by atoms with Crippen molar-refractivity contribution in [2.45, 2.75) is 89.3 Å². The summed E-state index contributed by atoms with van der Waals surface area (Å²) in [6, 6.07) is 8.83. The molecule has 0 heterocycles. The maximum absolute atomic E-state index is 13.9. The minimum atomic E-state index is -3.69. The summed E-state index contributed by atoms with van der Waals surface area (Å²) >= 11 is 0. The Morgan fingerprint density at radius 2 is 1.57 bits per heavy atom. The summed E-state index contributed by atoms with van der Waals surface area (Å²) < 4.78 is 54.1. The molecule has 2 aromatic carbocycles. The third-order valence-electron chi connectivity index (χ3n) is 6.81. The predicted molar refractivity (Wildman–Crippen MR) is 158 cm³/mol. The van der Waals surface area contributed by atoms with Crippen LogP contribution in [0.25, 0.3) is 0 Å². The highest BCUT2D eigenvalue weighted by Gasteiger charge is 2.33. The second-order valence-corrected chi connectivity index (χ2v) is 12.4. The van der Waals surface area contributed by atoms with Crippen molar-refractivity contribution >= 4 is 28.2 Å². The van der Waals surface area contributed by atoms with Gasteiger partial charge in [0, 0.05) is 25.2 Å². The SMILES string of the molecule is CCCC(CCC)S(=O)(=O)C[C@H](N[C@@H](Cc1cc(F)cc(F)c1)[C@H](O)CNCc1cccc(CC)c1)C(N)=O.Cl. The zero-order valence-electron chi connectivity index (χ0n) is 23.5. The predicted octanol–water partition coefficient (Wildman–Crippen LogP) is 3.84. The number of aliphatic hydroxyl groups is 1. The fourth-order valence-corrected chi connectivity index (χ4v) is 6.93. The number of carbonyl (C=O) groups is 1. The number of benzene rings is 2. The molecular formula is C29H44ClF2N3O4S. The molecule has 0 aliphatic carbocycles. The van der Waals surface area contributed by atoms with Gasteiger partial charge in [-0.1, -0.05) is 57.9 Å². The third kappa shape index (κ3) is 11.8. The van der Waals surface area contributed by atoms with E-state index in [1.807, 2.05) is 32.0 Å². The van der Waals surface area contributed by atoms with Crippen molar-refractivity contribution in [3.8, 4) is 0 Å². The number of amides is 1. The highest BCUT2D eigenvalue weighted by molar-refractivity contribution is 7.92. The summed E-state index contributed by atoms with van der Waals surface area (Å²) in [5.41, 5.74) is 8.06. The van der Waals surface area contributed by atoms with Crippen molar-refractivity contribution in [1.29, 1.82) is 0 Å². The number of carbonyl (C=O) groups excluding carboxylic acids is 1. The van der Waals surface area contributed by atoms with Gasteiger partial charge in [0.2, 0.25) is 5.91 Å². The average molecular weight is 604 g/mol. The Kier molecular flexibility index (Phi) is 15.8. The van der Waals surface area contributed by atoms with Crippen LogP contribution in [0.4, 0.5) is 8.78 Å². The molecular weight excluding hydrogens is 560 g/mol. The van der Waals surface area contributed by atoms with E-state index in [4.69, 9.17) is 5.73 Å². The quantitative estimate of drug-likeness (QED) is 0.205. The van der Waals surface area contributed by atoms with Crippen molar-refractivity contribution in [3.05, 3.63) is 70.8 Å². The van der Waals surface area contributed by atoms with E-state index in [-0.39, 0.29) is 30.9 Å². The smallest absolute Gasteiger partial charge is 0.235 e. The molecule has 0 aromatic heterocycles. The van der Waals surface area contributed by atoms with Gasteiger partial charge in [0.05, 0.1) is 17.1 Å². The van der Waals surface area contributed by atoms with Gasteiger partial charge in [-0.05, 0) is 54.5 Å². The highest BCUT2D eigenvalue weighted by Crippen LogP contribution is 2.18. The Bertz CT molecular complexity index is 1140. The molecule has 3 atom stereocenters. The summed E-state index contributed by atoms with van der Waals surface area (Å²) in [4.78, 5) is 12.4. The Labute approximate surface area is 243 Å². The molecule has 2 aromatic rings. The highest BCUT2D eigenvalue weighted by atomic mass is 35.5. The number of hydrogen-bond acceptors (Lipinski definition) is 6. The molecule has 0 unspecified atom stereocenters. The van der Waals surface area contributed by atoms with Crippen molar-refractivity contribution in [1.82, 2.24) is 10.6 Å². The number of primary amides is 1. The van der Waals surface area contributed by atoms with Gasteiger partial charge in [-0.2, -0.15) is 0 Å². The number of sulfone groups is 1. The molecule has 40 heavy (non-hydrogen) atoms. The van der Waals surface area contributed by atoms with Gasteiger partial charge in [-0.25, -0.2) is 17.2 Å². The standard InChI is InChI=1S/C29H43F2N3O4S.ClH/c1-4-8-25(9-5-2)39(37,38)19-27(29(32)36)34-26(15-22-13-23(30)16-24(31)14-22)28(35)18-33-17-21-11-7-10-20(6-3)12-21;/h7,10-14,16,25-28,33-35H,4-6,8-9,15,17-19H2,1-3H3,(H2,32,36);1H/t26-,27-,28+;/m0./s1. The van der Waals surface area contributed by atoms with Crippen molar-refractivity contribution in [3.63, 3.8) is 0 Å². The molecule has 0 bridgehead atoms. The van der Waals surface area contributed by atoms with Gasteiger partial charge in [0.1, 0.15) is 17.7 Å². The monoisotopic (exact) mass is 603 g/mol. The number of halogens is 3. The zero-order chi connectivity index (χ0) is 29.0. The van der Waals surface area contributed by atoms with E-state index in [9.17, 15) is 27.1 Å². The first kappa shape index (κ1) is 35.9. The van der Waals surface area contributed by atoms with Crippen LogP contribution in [0, 0.1) is 11.6 Å². The molecule has 2 rings (SSSR count). The van der Waals surface area contributed by atoms with Crippen molar-refractivity contribution in [2.24, 2.45) is 5.73 Å². The maximum atomic E-state index is 13.9. The molecule has 0 radical (unpaired) electrons. The molecule has 0 aliphatic heterocycles. The van der Waals surface area contributed by atoms with Gasteiger partial charge < -0.3 is 16.2 Å². The lowest BCUT2D eigenvalue weighted by Gasteiger charge is -2.29. The Morgan fingerprint density at radius 1 is 0.975 bits per heavy atom. The molecule has 0 spiro atoms. The summed E-state index contributed by atoms with van der Waals surface area (Å²) in [5.74, 6) is -2.95. The fourth-order valence-electron chi connectivity index (χ4n) is 4.74. The van der Waals surface area contributed by atoms with Gasteiger partial charge in [0.15, 0.2) is 9.84 Å². The molecule has 1 amide bonds. The number of aliphatic hydroxyl groups excluding tert-OH is 1. The van der Waals surface area contributed by atoms with Crippen LogP contribution in [0.5, 0.6) is 0 Å². The lowest BCUT2D eigenvalue weighted by Crippen LogP contribution is -2.56. The lowest BCUT2D eigenvalue weighted by atomic mass is 9.99. The van der Waals surface area contributed by atoms with Crippen LogP contribution in [-0.4, -0.2) is 55.2 Å². The number of aryl methyl sites for hydroxylation is 1. The minimum absolute atomic E-state index is 0. The second-order valence-electron chi connectivity index (χ2n) is 10.1. The molecule has 5 N–H and O–H groups in total. The van der Waals surface area contributed by atoms with E-state index < -0.39 is 56.6 Å². The molecule has 0 saturated carbocycles. The van der Waals surface area contributed by atoms with E-state index in [2.05, 4.69) is 23.6 Å². The van der Waals surface area contributed by atoms with E-state index in [0.29, 0.717) is 32.2 Å². The van der Waals surface area contributed by atoms with Crippen molar-refractivity contribution in [2.75, 3.05) is 12.3 Å². The number of nitrogens with two attached hydrogens (primary N) is 1. The normalized spacial score (nSPS) is 14.0. The van der Waals surface area contributed by atoms with Gasteiger partial charge >= 0.3 is 0 Å². The largest absolute Gasteiger partial charge is 0.390 e. The zero-order valence-corrected chi connectivity index (χ0v) is 25.2. The number of nitrogens with one attached hydrogen (secondary N) is 2. The van der Waals surface area contributed by atoms with Crippen LogP contribution >= 0.6 is 12.4 Å². The molecule has 7 nitrogen and oxygen atoms in total. The van der Waals surface area contributed by atoms with E-state index in [1.165, 1.54) is 5.56 Å².